The number of nitroso groups, excluding NO2 is 1. The van der Waals surface area contributed by atoms with Crippen molar-refractivity contribution in [3.05, 3.63) is 34.5 Å². The SMILES string of the molecule is CC(C)(C)c1nc2ccc(C(F)(F)F)cn2c1N=O. The molecule has 0 aliphatic carbocycles. The smallest absolute Gasteiger partial charge is 0.281 e. The molecule has 7 heteroatoms. The molecule has 0 radical (unpaired) electrons. The van der Waals surface area contributed by atoms with Gasteiger partial charge in [0.2, 0.25) is 5.82 Å². The van der Waals surface area contributed by atoms with Crippen molar-refractivity contribution in [3.63, 3.8) is 0 Å². The zero-order valence-electron chi connectivity index (χ0n) is 10.6. The number of aromatic nitrogens is 2. The molecule has 2 heterocycles. The molecule has 2 aromatic rings. The van der Waals surface area contributed by atoms with Crippen LogP contribution in [-0.4, -0.2) is 9.38 Å². The van der Waals surface area contributed by atoms with E-state index in [2.05, 4.69) is 10.2 Å². The molecular formula is C12H12F3N3O. The third-order valence-corrected chi connectivity index (χ3v) is 2.72. The quantitative estimate of drug-likeness (QED) is 0.734. The van der Waals surface area contributed by atoms with Gasteiger partial charge in [0, 0.05) is 11.6 Å². The van der Waals surface area contributed by atoms with Gasteiger partial charge in [0.1, 0.15) is 5.65 Å². The number of imidazole rings is 1. The Hall–Kier alpha value is -1.92. The molecule has 0 atom stereocenters. The Morgan fingerprint density at radius 3 is 2.32 bits per heavy atom. The number of rotatable bonds is 1. The summed E-state index contributed by atoms with van der Waals surface area (Å²) in [5.74, 6) is -0.0893. The molecule has 102 valence electrons. The fourth-order valence-corrected chi connectivity index (χ4v) is 1.79. The lowest BCUT2D eigenvalue weighted by atomic mass is 9.92. The van der Waals surface area contributed by atoms with Crippen LogP contribution in [-0.2, 0) is 11.6 Å². The summed E-state index contributed by atoms with van der Waals surface area (Å²) in [6.07, 6.45) is -3.63. The van der Waals surface area contributed by atoms with Crippen molar-refractivity contribution >= 4 is 11.5 Å². The average Bonchev–Trinajstić information content (AvgIpc) is 2.64. The molecule has 0 N–H and O–H groups in total. The Bertz CT molecular complexity index is 638. The highest BCUT2D eigenvalue weighted by Crippen LogP contribution is 2.34. The van der Waals surface area contributed by atoms with Crippen molar-refractivity contribution in [2.75, 3.05) is 0 Å². The Balaban J connectivity index is 2.76. The van der Waals surface area contributed by atoms with Gasteiger partial charge in [0.25, 0.3) is 0 Å². The van der Waals surface area contributed by atoms with Crippen LogP contribution in [0.15, 0.2) is 23.5 Å². The molecule has 0 bridgehead atoms. The number of pyridine rings is 1. The van der Waals surface area contributed by atoms with Crippen LogP contribution >= 0.6 is 0 Å². The van der Waals surface area contributed by atoms with Crippen LogP contribution in [0.2, 0.25) is 0 Å². The molecule has 2 aromatic heterocycles. The zero-order valence-corrected chi connectivity index (χ0v) is 10.6. The number of fused-ring (bicyclic) bond motifs is 1. The van der Waals surface area contributed by atoms with E-state index >= 15 is 0 Å². The molecule has 19 heavy (non-hydrogen) atoms. The van der Waals surface area contributed by atoms with Gasteiger partial charge in [0.05, 0.1) is 11.3 Å². The van der Waals surface area contributed by atoms with Crippen molar-refractivity contribution in [1.82, 2.24) is 9.38 Å². The van der Waals surface area contributed by atoms with E-state index in [4.69, 9.17) is 0 Å². The Morgan fingerprint density at radius 2 is 1.84 bits per heavy atom. The van der Waals surface area contributed by atoms with Gasteiger partial charge in [-0.1, -0.05) is 20.8 Å². The third-order valence-electron chi connectivity index (χ3n) is 2.72. The molecule has 0 aliphatic rings. The summed E-state index contributed by atoms with van der Waals surface area (Å²) in [6, 6.07) is 2.16. The lowest BCUT2D eigenvalue weighted by Gasteiger charge is -2.14. The van der Waals surface area contributed by atoms with Gasteiger partial charge < -0.3 is 0 Å². The average molecular weight is 271 g/mol. The highest BCUT2D eigenvalue weighted by molar-refractivity contribution is 5.55. The molecule has 4 nitrogen and oxygen atoms in total. The minimum atomic E-state index is -4.47. The lowest BCUT2D eigenvalue weighted by molar-refractivity contribution is -0.137. The van der Waals surface area contributed by atoms with Crippen LogP contribution in [0.3, 0.4) is 0 Å². The first kappa shape index (κ1) is 13.5. The lowest BCUT2D eigenvalue weighted by Crippen LogP contribution is -2.11. The topological polar surface area (TPSA) is 46.7 Å². The molecule has 0 fully saturated rings. The van der Waals surface area contributed by atoms with Gasteiger partial charge in [-0.25, -0.2) is 4.98 Å². The van der Waals surface area contributed by atoms with Crippen molar-refractivity contribution in [1.29, 1.82) is 0 Å². The second kappa shape index (κ2) is 4.04. The number of hydrogen-bond acceptors (Lipinski definition) is 3. The standard InChI is InChI=1S/C12H12F3N3O/c1-11(2,3)9-10(17-19)18-6-7(12(13,14)15)4-5-8(18)16-9/h4-6H,1-3H3. The van der Waals surface area contributed by atoms with E-state index in [1.165, 1.54) is 6.07 Å². The Kier molecular flexibility index (Phi) is 2.87. The van der Waals surface area contributed by atoms with Crippen molar-refractivity contribution in [3.8, 4) is 0 Å². The molecule has 0 unspecified atom stereocenters. The van der Waals surface area contributed by atoms with Crippen LogP contribution in [0, 0.1) is 4.91 Å². The van der Waals surface area contributed by atoms with Crippen molar-refractivity contribution in [2.24, 2.45) is 5.18 Å². The molecule has 0 saturated carbocycles. The predicted molar refractivity (Wildman–Crippen MR) is 64.3 cm³/mol. The van der Waals surface area contributed by atoms with Crippen LogP contribution in [0.1, 0.15) is 32.0 Å². The molecule has 0 aliphatic heterocycles. The first-order valence-electron chi connectivity index (χ1n) is 5.58. The first-order chi connectivity index (χ1) is 8.64. The summed E-state index contributed by atoms with van der Waals surface area (Å²) >= 11 is 0. The van der Waals surface area contributed by atoms with Gasteiger partial charge in [0.15, 0.2) is 0 Å². The minimum absolute atomic E-state index is 0.0893. The van der Waals surface area contributed by atoms with Gasteiger partial charge in [-0.3, -0.25) is 4.40 Å². The number of nitrogens with zero attached hydrogens (tertiary/aromatic N) is 3. The molecule has 0 spiro atoms. The monoisotopic (exact) mass is 271 g/mol. The largest absolute Gasteiger partial charge is 0.417 e. The predicted octanol–water partition coefficient (Wildman–Crippen LogP) is 4.05. The van der Waals surface area contributed by atoms with E-state index < -0.39 is 17.2 Å². The first-order valence-corrected chi connectivity index (χ1v) is 5.58. The van der Waals surface area contributed by atoms with Crippen LogP contribution in [0.5, 0.6) is 0 Å². The minimum Gasteiger partial charge on any atom is -0.281 e. The van der Waals surface area contributed by atoms with E-state index in [1.54, 1.807) is 0 Å². The maximum atomic E-state index is 12.6. The van der Waals surface area contributed by atoms with Crippen LogP contribution < -0.4 is 0 Å². The summed E-state index contributed by atoms with van der Waals surface area (Å²) < 4.78 is 39.0. The van der Waals surface area contributed by atoms with E-state index in [9.17, 15) is 18.1 Å². The van der Waals surface area contributed by atoms with E-state index in [0.717, 1.165) is 16.7 Å². The third kappa shape index (κ3) is 2.32. The molecule has 0 amide bonds. The fourth-order valence-electron chi connectivity index (χ4n) is 1.79. The van der Waals surface area contributed by atoms with Crippen molar-refractivity contribution in [2.45, 2.75) is 32.4 Å². The highest BCUT2D eigenvalue weighted by Gasteiger charge is 2.32. The molecule has 0 saturated heterocycles. The summed E-state index contributed by atoms with van der Waals surface area (Å²) in [6.45, 7) is 5.44. The summed E-state index contributed by atoms with van der Waals surface area (Å²) in [5, 5.41) is 2.83. The Morgan fingerprint density at radius 1 is 1.21 bits per heavy atom. The Labute approximate surface area is 107 Å². The maximum Gasteiger partial charge on any atom is 0.417 e. The normalized spacial score (nSPS) is 12.9. The van der Waals surface area contributed by atoms with Crippen LogP contribution in [0.4, 0.5) is 19.0 Å². The van der Waals surface area contributed by atoms with E-state index in [0.29, 0.717) is 5.69 Å². The molecule has 0 aromatic carbocycles. The van der Waals surface area contributed by atoms with Gasteiger partial charge in [-0.2, -0.15) is 13.2 Å². The number of hydrogen-bond donors (Lipinski definition) is 0. The second-order valence-electron chi connectivity index (χ2n) is 5.27. The van der Waals surface area contributed by atoms with Crippen molar-refractivity contribution < 1.29 is 13.2 Å². The van der Waals surface area contributed by atoms with Gasteiger partial charge >= 0.3 is 6.18 Å². The summed E-state index contributed by atoms with van der Waals surface area (Å²) in [4.78, 5) is 15.1. The summed E-state index contributed by atoms with van der Waals surface area (Å²) in [5.41, 5.74) is -0.676. The zero-order chi connectivity index (χ0) is 14.4. The fraction of sp³-hybridized carbons (Fsp3) is 0.417. The maximum absolute atomic E-state index is 12.6. The second-order valence-corrected chi connectivity index (χ2v) is 5.27. The van der Waals surface area contributed by atoms with Crippen LogP contribution in [0.25, 0.3) is 5.65 Å². The molecule has 2 rings (SSSR count). The van der Waals surface area contributed by atoms with E-state index in [1.807, 2.05) is 20.8 Å². The molecular weight excluding hydrogens is 259 g/mol. The summed E-state index contributed by atoms with van der Waals surface area (Å²) in [7, 11) is 0. The van der Waals surface area contributed by atoms with E-state index in [-0.39, 0.29) is 11.5 Å². The van der Waals surface area contributed by atoms with Gasteiger partial charge in [-0.05, 0) is 17.3 Å². The highest BCUT2D eigenvalue weighted by atomic mass is 19.4. The van der Waals surface area contributed by atoms with Gasteiger partial charge in [-0.15, -0.1) is 4.91 Å². The number of alkyl halides is 3. The number of halogens is 3.